The first-order valence-corrected chi connectivity index (χ1v) is 9.44. The highest BCUT2D eigenvalue weighted by atomic mass is 16.5. The summed E-state index contributed by atoms with van der Waals surface area (Å²) in [6.45, 7) is 4.10. The Kier molecular flexibility index (Phi) is 6.24. The fraction of sp³-hybridized carbons (Fsp3) is 0.364. The summed E-state index contributed by atoms with van der Waals surface area (Å²) in [5.41, 5.74) is 2.64. The molecule has 0 spiro atoms. The number of likely N-dealkylation sites (tertiary alicyclic amines) is 1. The van der Waals surface area contributed by atoms with Gasteiger partial charge in [-0.15, -0.1) is 0 Å². The van der Waals surface area contributed by atoms with Crippen LogP contribution < -0.4 is 15.0 Å². The maximum atomic E-state index is 12.6. The second kappa shape index (κ2) is 8.82. The van der Waals surface area contributed by atoms with Crippen LogP contribution in [0.15, 0.2) is 48.5 Å². The first-order chi connectivity index (χ1) is 13.1. The number of methoxy groups -OCH3 is 1. The normalized spacial score (nSPS) is 19.3. The number of quaternary nitrogens is 1. The second-order valence-corrected chi connectivity index (χ2v) is 7.18. The van der Waals surface area contributed by atoms with E-state index in [0.29, 0.717) is 18.0 Å². The Hall–Kier alpha value is -2.66. The van der Waals surface area contributed by atoms with Gasteiger partial charge in [0.2, 0.25) is 0 Å². The minimum absolute atomic E-state index is 0.0298. The largest absolute Gasteiger partial charge is 0.495 e. The number of ether oxygens (including phenoxy) is 1. The number of hydrogen-bond donors (Lipinski definition) is 2. The number of nitrogens with one attached hydrogen (secondary N) is 2. The van der Waals surface area contributed by atoms with Crippen molar-refractivity contribution in [2.75, 3.05) is 32.1 Å². The van der Waals surface area contributed by atoms with E-state index in [4.69, 9.17) is 4.74 Å². The molecule has 1 heterocycles. The van der Waals surface area contributed by atoms with Crippen molar-refractivity contribution in [1.29, 1.82) is 0 Å². The molecule has 3 rings (SSSR count). The molecule has 0 aromatic heterocycles. The fourth-order valence-corrected chi connectivity index (χ4v) is 3.59. The third-order valence-electron chi connectivity index (χ3n) is 5.19. The average Bonchev–Trinajstić information content (AvgIpc) is 2.69. The standard InChI is InChI=1S/C22H26N2O3/c1-16-7-9-17(10-8-16)22(26)18-11-13-24(14-12-18)15-21(25)23-19-5-3-4-6-20(19)27-2/h3-10,18H,11-15H2,1-2H3,(H,23,25)/p+1. The molecule has 1 amide bonds. The molecule has 0 unspecified atom stereocenters. The predicted molar refractivity (Wildman–Crippen MR) is 105 cm³/mol. The summed E-state index contributed by atoms with van der Waals surface area (Å²) < 4.78 is 5.27. The first kappa shape index (κ1) is 19.1. The van der Waals surface area contributed by atoms with E-state index in [2.05, 4.69) is 5.32 Å². The van der Waals surface area contributed by atoms with Crippen LogP contribution in [0.1, 0.15) is 28.8 Å². The average molecular weight is 367 g/mol. The van der Waals surface area contributed by atoms with Crippen molar-refractivity contribution in [3.63, 3.8) is 0 Å². The van der Waals surface area contributed by atoms with Gasteiger partial charge in [0.1, 0.15) is 5.75 Å². The molecule has 0 aliphatic carbocycles. The molecule has 5 nitrogen and oxygen atoms in total. The van der Waals surface area contributed by atoms with Gasteiger partial charge in [-0.05, 0) is 19.1 Å². The Balaban J connectivity index is 1.49. The number of anilines is 1. The summed E-state index contributed by atoms with van der Waals surface area (Å²) in [6.07, 6.45) is 1.65. The number of piperidine rings is 1. The van der Waals surface area contributed by atoms with Crippen LogP contribution in [0.3, 0.4) is 0 Å². The van der Waals surface area contributed by atoms with E-state index >= 15 is 0 Å². The zero-order valence-electron chi connectivity index (χ0n) is 16.0. The summed E-state index contributed by atoms with van der Waals surface area (Å²) in [5.74, 6) is 0.919. The molecule has 0 bridgehead atoms. The number of ketones is 1. The van der Waals surface area contributed by atoms with E-state index < -0.39 is 0 Å². The van der Waals surface area contributed by atoms with Gasteiger partial charge in [0, 0.05) is 24.3 Å². The van der Waals surface area contributed by atoms with Crippen LogP contribution in [0.5, 0.6) is 5.75 Å². The third-order valence-corrected chi connectivity index (χ3v) is 5.19. The monoisotopic (exact) mass is 367 g/mol. The highest BCUT2D eigenvalue weighted by molar-refractivity contribution is 5.98. The van der Waals surface area contributed by atoms with Crippen molar-refractivity contribution in [2.24, 2.45) is 5.92 Å². The molecule has 1 aliphatic rings. The van der Waals surface area contributed by atoms with Crippen LogP contribution in [0.25, 0.3) is 0 Å². The van der Waals surface area contributed by atoms with Gasteiger partial charge in [0.05, 0.1) is 25.9 Å². The molecular weight excluding hydrogens is 340 g/mol. The van der Waals surface area contributed by atoms with Gasteiger partial charge in [-0.2, -0.15) is 0 Å². The molecule has 2 aromatic carbocycles. The fourth-order valence-electron chi connectivity index (χ4n) is 3.59. The number of amides is 1. The molecule has 2 N–H and O–H groups in total. The molecular formula is C22H27N2O3+. The summed E-state index contributed by atoms with van der Waals surface area (Å²) in [7, 11) is 1.59. The van der Waals surface area contributed by atoms with Crippen LogP contribution >= 0.6 is 0 Å². The number of hydrogen-bond acceptors (Lipinski definition) is 3. The number of carbonyl (C=O) groups is 2. The lowest BCUT2D eigenvalue weighted by atomic mass is 9.88. The lowest BCUT2D eigenvalue weighted by molar-refractivity contribution is -0.897. The Bertz CT molecular complexity index is 793. The van der Waals surface area contributed by atoms with Crippen LogP contribution in [0, 0.1) is 12.8 Å². The summed E-state index contributed by atoms with van der Waals surface area (Å²) in [6, 6.07) is 15.2. The van der Waals surface area contributed by atoms with Crippen LogP contribution in [-0.4, -0.2) is 38.4 Å². The van der Waals surface area contributed by atoms with Crippen molar-refractivity contribution in [3.05, 3.63) is 59.7 Å². The Morgan fingerprint density at radius 2 is 1.74 bits per heavy atom. The molecule has 1 fully saturated rings. The van der Waals surface area contributed by atoms with Gasteiger partial charge < -0.3 is 15.0 Å². The zero-order valence-corrected chi connectivity index (χ0v) is 16.0. The molecule has 0 atom stereocenters. The SMILES string of the molecule is COc1ccccc1NC(=O)C[NH+]1CCC(C(=O)c2ccc(C)cc2)CC1. The van der Waals surface area contributed by atoms with Crippen molar-refractivity contribution < 1.29 is 19.2 Å². The number of para-hydroxylation sites is 2. The molecule has 5 heteroatoms. The lowest BCUT2D eigenvalue weighted by Gasteiger charge is -2.28. The Morgan fingerprint density at radius 1 is 1.07 bits per heavy atom. The third kappa shape index (κ3) is 4.95. The van der Waals surface area contributed by atoms with E-state index in [1.165, 1.54) is 4.90 Å². The number of benzene rings is 2. The van der Waals surface area contributed by atoms with Gasteiger partial charge in [0.25, 0.3) is 5.91 Å². The first-order valence-electron chi connectivity index (χ1n) is 9.44. The minimum atomic E-state index is -0.0298. The highest BCUT2D eigenvalue weighted by Crippen LogP contribution is 2.22. The van der Waals surface area contributed by atoms with E-state index in [1.807, 2.05) is 55.5 Å². The van der Waals surface area contributed by atoms with Crippen LogP contribution in [0.4, 0.5) is 5.69 Å². The second-order valence-electron chi connectivity index (χ2n) is 7.18. The molecule has 0 saturated carbocycles. The summed E-state index contributed by atoms with van der Waals surface area (Å²) in [5, 5.41) is 2.92. The highest BCUT2D eigenvalue weighted by Gasteiger charge is 2.29. The molecule has 0 radical (unpaired) electrons. The molecule has 1 aliphatic heterocycles. The number of aryl methyl sites for hydroxylation is 1. The van der Waals surface area contributed by atoms with Crippen molar-refractivity contribution in [3.8, 4) is 5.75 Å². The Morgan fingerprint density at radius 3 is 2.41 bits per heavy atom. The van der Waals surface area contributed by atoms with E-state index in [9.17, 15) is 9.59 Å². The molecule has 2 aromatic rings. The van der Waals surface area contributed by atoms with Gasteiger partial charge in [-0.1, -0.05) is 42.0 Å². The molecule has 27 heavy (non-hydrogen) atoms. The Labute approximate surface area is 160 Å². The topological polar surface area (TPSA) is 59.8 Å². The van der Waals surface area contributed by atoms with Gasteiger partial charge in [0.15, 0.2) is 12.3 Å². The maximum absolute atomic E-state index is 12.6. The van der Waals surface area contributed by atoms with Crippen LogP contribution in [-0.2, 0) is 4.79 Å². The predicted octanol–water partition coefficient (Wildman–Crippen LogP) is 2.12. The smallest absolute Gasteiger partial charge is 0.279 e. The number of carbonyl (C=O) groups excluding carboxylic acids is 2. The van der Waals surface area contributed by atoms with Crippen LogP contribution in [0.2, 0.25) is 0 Å². The van der Waals surface area contributed by atoms with Crippen molar-refractivity contribution in [2.45, 2.75) is 19.8 Å². The van der Waals surface area contributed by atoms with E-state index in [1.54, 1.807) is 7.11 Å². The van der Waals surface area contributed by atoms with Gasteiger partial charge >= 0.3 is 0 Å². The quantitative estimate of drug-likeness (QED) is 0.769. The van der Waals surface area contributed by atoms with E-state index in [0.717, 1.165) is 37.1 Å². The zero-order chi connectivity index (χ0) is 19.2. The number of Topliss-reactive ketones (excluding diaryl/α,β-unsaturated/α-hetero) is 1. The molecule has 1 saturated heterocycles. The van der Waals surface area contributed by atoms with Gasteiger partial charge in [-0.25, -0.2) is 0 Å². The summed E-state index contributed by atoms with van der Waals surface area (Å²) >= 11 is 0. The molecule has 142 valence electrons. The van der Waals surface area contributed by atoms with Gasteiger partial charge in [-0.3, -0.25) is 9.59 Å². The van der Waals surface area contributed by atoms with E-state index in [-0.39, 0.29) is 17.6 Å². The van der Waals surface area contributed by atoms with Crippen molar-refractivity contribution >= 4 is 17.4 Å². The summed E-state index contributed by atoms with van der Waals surface area (Å²) in [4.78, 5) is 26.2. The lowest BCUT2D eigenvalue weighted by Crippen LogP contribution is -3.14. The number of rotatable bonds is 6. The maximum Gasteiger partial charge on any atom is 0.279 e. The minimum Gasteiger partial charge on any atom is -0.495 e. The van der Waals surface area contributed by atoms with Crippen molar-refractivity contribution in [1.82, 2.24) is 0 Å².